The highest BCUT2D eigenvalue weighted by molar-refractivity contribution is 7.99. The fourth-order valence-electron chi connectivity index (χ4n) is 3.05. The van der Waals surface area contributed by atoms with Crippen LogP contribution in [0.25, 0.3) is 0 Å². The van der Waals surface area contributed by atoms with Crippen LogP contribution in [-0.4, -0.2) is 22.4 Å². The second-order valence-electron chi connectivity index (χ2n) is 7.30. The van der Waals surface area contributed by atoms with Crippen molar-refractivity contribution in [3.8, 4) is 0 Å². The summed E-state index contributed by atoms with van der Waals surface area (Å²) in [7, 11) is 0. The number of nitrogens with zero attached hydrogens (tertiary/aromatic N) is 2. The van der Waals surface area contributed by atoms with Gasteiger partial charge in [-0.2, -0.15) is 0 Å². The van der Waals surface area contributed by atoms with Gasteiger partial charge in [0, 0.05) is 30.8 Å². The van der Waals surface area contributed by atoms with E-state index in [1.807, 2.05) is 45.0 Å². The van der Waals surface area contributed by atoms with E-state index in [4.69, 9.17) is 0 Å². The van der Waals surface area contributed by atoms with E-state index in [9.17, 15) is 4.79 Å². The minimum absolute atomic E-state index is 0.0904. The fraction of sp³-hybridized carbons (Fsp3) is 0.208. The first-order valence-corrected chi connectivity index (χ1v) is 10.6. The van der Waals surface area contributed by atoms with Crippen molar-refractivity contribution in [1.29, 1.82) is 0 Å². The molecule has 0 aliphatic rings. The van der Waals surface area contributed by atoms with Crippen molar-refractivity contribution in [2.45, 2.75) is 31.2 Å². The van der Waals surface area contributed by atoms with Gasteiger partial charge in [0.25, 0.3) is 5.91 Å². The number of hydrogen-bond donors (Lipinski definition) is 2. The number of pyridine rings is 2. The van der Waals surface area contributed by atoms with Gasteiger partial charge in [0.1, 0.15) is 5.03 Å². The number of hydrogen-bond acceptors (Lipinski definition) is 5. The molecule has 0 spiro atoms. The first kappa shape index (κ1) is 21.7. The van der Waals surface area contributed by atoms with Gasteiger partial charge in [0.2, 0.25) is 0 Å². The Morgan fingerprint density at radius 3 is 2.47 bits per heavy atom. The van der Waals surface area contributed by atoms with E-state index in [2.05, 4.69) is 33.2 Å². The minimum Gasteiger partial charge on any atom is -0.322 e. The van der Waals surface area contributed by atoms with E-state index in [0.717, 1.165) is 28.0 Å². The lowest BCUT2D eigenvalue weighted by molar-refractivity contribution is 0.102. The van der Waals surface area contributed by atoms with E-state index in [0.29, 0.717) is 17.1 Å². The molecule has 0 radical (unpaired) electrons. The van der Waals surface area contributed by atoms with Gasteiger partial charge in [-0.1, -0.05) is 30.0 Å². The van der Waals surface area contributed by atoms with Gasteiger partial charge in [-0.05, 0) is 73.9 Å². The number of aromatic nitrogens is 2. The molecule has 6 heteroatoms. The van der Waals surface area contributed by atoms with Crippen LogP contribution in [0, 0.1) is 13.8 Å². The maximum atomic E-state index is 13.0. The molecule has 0 saturated heterocycles. The number of thioether (sulfide) groups is 1. The molecule has 0 aliphatic heterocycles. The number of anilines is 1. The zero-order valence-electron chi connectivity index (χ0n) is 17.5. The van der Waals surface area contributed by atoms with Crippen LogP contribution >= 0.6 is 11.8 Å². The molecule has 0 bridgehead atoms. The number of aryl methyl sites for hydroxylation is 2. The smallest absolute Gasteiger partial charge is 0.258 e. The molecule has 0 aliphatic carbocycles. The largest absolute Gasteiger partial charge is 0.322 e. The molecule has 1 amide bonds. The van der Waals surface area contributed by atoms with Crippen LogP contribution in [0.4, 0.5) is 5.69 Å². The Labute approximate surface area is 182 Å². The van der Waals surface area contributed by atoms with Crippen molar-refractivity contribution in [1.82, 2.24) is 15.3 Å². The molecule has 2 heterocycles. The molecule has 1 atom stereocenters. The van der Waals surface area contributed by atoms with Crippen molar-refractivity contribution in [3.63, 3.8) is 0 Å². The number of carbonyl (C=O) groups is 1. The first-order valence-electron chi connectivity index (χ1n) is 9.71. The molecule has 0 saturated carbocycles. The summed E-state index contributed by atoms with van der Waals surface area (Å²) >= 11 is 1.50. The Bertz CT molecular complexity index is 1020. The van der Waals surface area contributed by atoms with E-state index >= 15 is 0 Å². The summed E-state index contributed by atoms with van der Waals surface area (Å²) in [5.74, 6) is -0.177. The van der Waals surface area contributed by atoms with Crippen molar-refractivity contribution >= 4 is 23.4 Å². The third-order valence-corrected chi connectivity index (χ3v) is 5.55. The summed E-state index contributed by atoms with van der Waals surface area (Å²) in [5.41, 5.74) is 5.62. The van der Waals surface area contributed by atoms with E-state index < -0.39 is 0 Å². The van der Waals surface area contributed by atoms with Crippen LogP contribution in [0.5, 0.6) is 0 Å². The molecule has 2 N–H and O–H groups in total. The Morgan fingerprint density at radius 2 is 1.80 bits per heavy atom. The first-order chi connectivity index (χ1) is 14.4. The molecule has 30 heavy (non-hydrogen) atoms. The maximum absolute atomic E-state index is 13.0. The number of benzene rings is 1. The van der Waals surface area contributed by atoms with E-state index in [1.54, 1.807) is 30.7 Å². The van der Waals surface area contributed by atoms with Crippen LogP contribution in [-0.2, 0) is 0 Å². The molecule has 154 valence electrons. The van der Waals surface area contributed by atoms with Crippen LogP contribution in [0.3, 0.4) is 0 Å². The quantitative estimate of drug-likeness (QED) is 0.295. The zero-order valence-corrected chi connectivity index (χ0v) is 18.3. The number of nitrogens with one attached hydrogen (secondary N) is 2. The third kappa shape index (κ3) is 6.02. The highest BCUT2D eigenvalue weighted by Gasteiger charge is 2.19. The van der Waals surface area contributed by atoms with Crippen molar-refractivity contribution < 1.29 is 4.79 Å². The highest BCUT2D eigenvalue weighted by Crippen LogP contribution is 2.34. The van der Waals surface area contributed by atoms with Crippen molar-refractivity contribution in [2.24, 2.45) is 0 Å². The molecule has 0 fully saturated rings. The monoisotopic (exact) mass is 418 g/mol. The van der Waals surface area contributed by atoms with Gasteiger partial charge in [0.15, 0.2) is 0 Å². The summed E-state index contributed by atoms with van der Waals surface area (Å²) < 4.78 is 0. The van der Waals surface area contributed by atoms with Gasteiger partial charge >= 0.3 is 0 Å². The summed E-state index contributed by atoms with van der Waals surface area (Å²) in [5, 5.41) is 7.06. The number of rotatable bonds is 8. The Kier molecular flexibility index (Phi) is 7.38. The highest BCUT2D eigenvalue weighted by atomic mass is 32.2. The van der Waals surface area contributed by atoms with E-state index in [1.165, 1.54) is 11.8 Å². The summed E-state index contributed by atoms with van der Waals surface area (Å²) in [6, 6.07) is 13.5. The van der Waals surface area contributed by atoms with Gasteiger partial charge in [-0.3, -0.25) is 15.1 Å². The SMILES string of the molecule is C=C(C)CNC(Sc1ncccc1C(=O)Nc1cc(C)cc(C)c1)c1ccncc1. The maximum Gasteiger partial charge on any atom is 0.258 e. The Hall–Kier alpha value is -2.96. The fourth-order valence-corrected chi connectivity index (χ4v) is 4.14. The minimum atomic E-state index is -0.177. The molecular formula is C24H26N4OS. The van der Waals surface area contributed by atoms with Crippen LogP contribution in [0.2, 0.25) is 0 Å². The predicted octanol–water partition coefficient (Wildman–Crippen LogP) is 5.30. The zero-order chi connectivity index (χ0) is 21.5. The average molecular weight is 419 g/mol. The molecule has 5 nitrogen and oxygen atoms in total. The topological polar surface area (TPSA) is 66.9 Å². The lowest BCUT2D eigenvalue weighted by Crippen LogP contribution is -2.21. The normalized spacial score (nSPS) is 11.7. The molecule has 1 aromatic carbocycles. The van der Waals surface area contributed by atoms with Crippen LogP contribution < -0.4 is 10.6 Å². The molecule has 1 unspecified atom stereocenters. The molecular weight excluding hydrogens is 392 g/mol. The van der Waals surface area contributed by atoms with Gasteiger partial charge < -0.3 is 5.32 Å². The summed E-state index contributed by atoms with van der Waals surface area (Å²) in [4.78, 5) is 21.6. The summed E-state index contributed by atoms with van der Waals surface area (Å²) in [6.45, 7) is 10.6. The Morgan fingerprint density at radius 1 is 1.10 bits per heavy atom. The second-order valence-corrected chi connectivity index (χ2v) is 8.40. The van der Waals surface area contributed by atoms with Gasteiger partial charge in [0.05, 0.1) is 10.9 Å². The molecule has 3 aromatic rings. The summed E-state index contributed by atoms with van der Waals surface area (Å²) in [6.07, 6.45) is 5.23. The van der Waals surface area contributed by atoms with Crippen LogP contribution in [0.15, 0.2) is 78.2 Å². The van der Waals surface area contributed by atoms with Gasteiger partial charge in [-0.15, -0.1) is 0 Å². The third-order valence-electron chi connectivity index (χ3n) is 4.32. The van der Waals surface area contributed by atoms with E-state index in [-0.39, 0.29) is 11.3 Å². The van der Waals surface area contributed by atoms with Crippen LogP contribution in [0.1, 0.15) is 39.3 Å². The second kappa shape index (κ2) is 10.2. The number of carbonyl (C=O) groups excluding carboxylic acids is 1. The molecule has 2 aromatic heterocycles. The standard InChI is InChI=1S/C24H26N4OS/c1-16(2)15-27-23(19-7-10-25-11-8-19)30-24-21(6-5-9-26-24)22(29)28-20-13-17(3)12-18(4)14-20/h5-14,23,27H,1,15H2,2-4H3,(H,28,29). The average Bonchev–Trinajstić information content (AvgIpc) is 2.71. The predicted molar refractivity (Wildman–Crippen MR) is 124 cm³/mol. The lowest BCUT2D eigenvalue weighted by Gasteiger charge is -2.19. The number of amides is 1. The molecule has 3 rings (SSSR count). The van der Waals surface area contributed by atoms with Gasteiger partial charge in [-0.25, -0.2) is 4.98 Å². The lowest BCUT2D eigenvalue weighted by atomic mass is 10.1. The van der Waals surface area contributed by atoms with Crippen molar-refractivity contribution in [2.75, 3.05) is 11.9 Å². The Balaban J connectivity index is 1.85. The van der Waals surface area contributed by atoms with Crippen molar-refractivity contribution in [3.05, 3.63) is 95.5 Å².